The fourth-order valence-corrected chi connectivity index (χ4v) is 2.14. The Balaban J connectivity index is 2.53. The van der Waals surface area contributed by atoms with Crippen molar-refractivity contribution < 1.29 is 0 Å². The van der Waals surface area contributed by atoms with Crippen LogP contribution in [-0.2, 0) is 10.8 Å². The van der Waals surface area contributed by atoms with Crippen LogP contribution in [0, 0.1) is 0 Å². The summed E-state index contributed by atoms with van der Waals surface area (Å²) in [6.07, 6.45) is 5.43. The number of hydrogen-bond acceptors (Lipinski definition) is 4. The van der Waals surface area contributed by atoms with Crippen LogP contribution in [0.4, 0.5) is 5.69 Å². The summed E-state index contributed by atoms with van der Waals surface area (Å²) in [5.74, 6) is 2.33. The summed E-state index contributed by atoms with van der Waals surface area (Å²) in [5.41, 5.74) is 1.67. The highest BCUT2D eigenvalue weighted by Gasteiger charge is 2.25. The molecule has 1 aromatic heterocycles. The van der Waals surface area contributed by atoms with E-state index < -0.39 is 0 Å². The van der Waals surface area contributed by atoms with Gasteiger partial charge in [-0.3, -0.25) is 0 Å². The SMILES string of the molecule is C=C/C=C\Nc1cccc(-c2nc(C(C)(C)C)nc(C(C)(C)C)n2)c1. The van der Waals surface area contributed by atoms with E-state index in [9.17, 15) is 0 Å². The Morgan fingerprint density at radius 1 is 0.920 bits per heavy atom. The van der Waals surface area contributed by atoms with Crippen molar-refractivity contribution in [2.75, 3.05) is 5.32 Å². The number of rotatable bonds is 4. The van der Waals surface area contributed by atoms with Gasteiger partial charge in [0.25, 0.3) is 0 Å². The van der Waals surface area contributed by atoms with E-state index in [0.29, 0.717) is 5.82 Å². The monoisotopic (exact) mass is 336 g/mol. The van der Waals surface area contributed by atoms with Gasteiger partial charge < -0.3 is 5.32 Å². The van der Waals surface area contributed by atoms with Crippen LogP contribution in [0.3, 0.4) is 0 Å². The van der Waals surface area contributed by atoms with Gasteiger partial charge in [0.1, 0.15) is 11.6 Å². The van der Waals surface area contributed by atoms with Gasteiger partial charge in [0.15, 0.2) is 5.82 Å². The number of nitrogens with one attached hydrogen (secondary N) is 1. The normalized spacial score (nSPS) is 12.4. The van der Waals surface area contributed by atoms with E-state index in [4.69, 9.17) is 15.0 Å². The predicted octanol–water partition coefficient (Wildman–Crippen LogP) is 5.25. The van der Waals surface area contributed by atoms with E-state index in [1.54, 1.807) is 6.08 Å². The topological polar surface area (TPSA) is 50.7 Å². The third-order valence-corrected chi connectivity index (χ3v) is 3.58. The molecule has 0 amide bonds. The summed E-state index contributed by atoms with van der Waals surface area (Å²) in [6, 6.07) is 8.07. The maximum absolute atomic E-state index is 4.74. The zero-order valence-corrected chi connectivity index (χ0v) is 16.1. The zero-order valence-electron chi connectivity index (χ0n) is 16.1. The molecule has 2 rings (SSSR count). The second kappa shape index (κ2) is 7.18. The number of nitrogens with zero attached hydrogens (tertiary/aromatic N) is 3. The van der Waals surface area contributed by atoms with Gasteiger partial charge in [0.2, 0.25) is 0 Å². The van der Waals surface area contributed by atoms with Crippen molar-refractivity contribution in [1.82, 2.24) is 15.0 Å². The molecule has 0 bridgehead atoms. The second-order valence-corrected chi connectivity index (χ2v) is 8.13. The quantitative estimate of drug-likeness (QED) is 0.775. The molecule has 0 aliphatic rings. The highest BCUT2D eigenvalue weighted by molar-refractivity contribution is 5.63. The van der Waals surface area contributed by atoms with Crippen LogP contribution in [-0.4, -0.2) is 15.0 Å². The number of anilines is 1. The molecule has 0 aliphatic heterocycles. The standard InChI is InChI=1S/C21H28N4/c1-8-9-13-22-16-12-10-11-15(14-16)17-23-18(20(2,3)4)25-19(24-17)21(5,6)7/h8-14,22H,1H2,2-7H3/b13-9-. The molecule has 1 N–H and O–H groups in total. The lowest BCUT2D eigenvalue weighted by Gasteiger charge is -2.22. The molecule has 132 valence electrons. The predicted molar refractivity (Wildman–Crippen MR) is 106 cm³/mol. The van der Waals surface area contributed by atoms with E-state index in [1.807, 2.05) is 36.5 Å². The Hall–Kier alpha value is -2.49. The van der Waals surface area contributed by atoms with Crippen molar-refractivity contribution in [2.24, 2.45) is 0 Å². The van der Waals surface area contributed by atoms with Gasteiger partial charge in [-0.25, -0.2) is 15.0 Å². The van der Waals surface area contributed by atoms with Gasteiger partial charge in [-0.2, -0.15) is 0 Å². The third-order valence-electron chi connectivity index (χ3n) is 3.58. The molecule has 4 nitrogen and oxygen atoms in total. The third kappa shape index (κ3) is 4.99. The molecule has 25 heavy (non-hydrogen) atoms. The van der Waals surface area contributed by atoms with Crippen LogP contribution < -0.4 is 5.32 Å². The Morgan fingerprint density at radius 2 is 1.52 bits per heavy atom. The maximum Gasteiger partial charge on any atom is 0.163 e. The van der Waals surface area contributed by atoms with Crippen molar-refractivity contribution in [1.29, 1.82) is 0 Å². The molecule has 4 heteroatoms. The smallest absolute Gasteiger partial charge is 0.163 e. The fraction of sp³-hybridized carbons (Fsp3) is 0.381. The minimum Gasteiger partial charge on any atom is -0.362 e. The van der Waals surface area contributed by atoms with Gasteiger partial charge in [-0.15, -0.1) is 0 Å². The van der Waals surface area contributed by atoms with E-state index in [-0.39, 0.29) is 10.8 Å². The first-order valence-electron chi connectivity index (χ1n) is 8.53. The van der Waals surface area contributed by atoms with Crippen LogP contribution in [0.2, 0.25) is 0 Å². The Labute approximate surface area is 151 Å². The summed E-state index contributed by atoms with van der Waals surface area (Å²) in [7, 11) is 0. The largest absolute Gasteiger partial charge is 0.362 e. The van der Waals surface area contributed by atoms with Gasteiger partial charge in [-0.05, 0) is 18.2 Å². The van der Waals surface area contributed by atoms with Gasteiger partial charge in [0.05, 0.1) is 0 Å². The van der Waals surface area contributed by atoms with E-state index in [2.05, 4.69) is 53.4 Å². The summed E-state index contributed by atoms with van der Waals surface area (Å²) >= 11 is 0. The number of benzene rings is 1. The van der Waals surface area contributed by atoms with Crippen LogP contribution >= 0.6 is 0 Å². The van der Waals surface area contributed by atoms with Crippen LogP contribution in [0.1, 0.15) is 53.2 Å². The molecule has 0 radical (unpaired) electrons. The van der Waals surface area contributed by atoms with Crippen molar-refractivity contribution in [3.05, 3.63) is 60.8 Å². The zero-order chi connectivity index (χ0) is 18.7. The van der Waals surface area contributed by atoms with E-state index in [1.165, 1.54) is 0 Å². The van der Waals surface area contributed by atoms with Crippen molar-refractivity contribution in [2.45, 2.75) is 52.4 Å². The summed E-state index contributed by atoms with van der Waals surface area (Å²) in [6.45, 7) is 16.4. The van der Waals surface area contributed by atoms with Crippen molar-refractivity contribution >= 4 is 5.69 Å². The molecule has 0 aliphatic carbocycles. The number of hydrogen-bond donors (Lipinski definition) is 1. The van der Waals surface area contributed by atoms with E-state index >= 15 is 0 Å². The first-order valence-corrected chi connectivity index (χ1v) is 8.53. The van der Waals surface area contributed by atoms with E-state index in [0.717, 1.165) is 22.9 Å². The summed E-state index contributed by atoms with van der Waals surface area (Å²) in [4.78, 5) is 14.2. The molecule has 0 spiro atoms. The Bertz CT molecular complexity index is 745. The molecule has 0 unspecified atom stereocenters. The molecule has 0 saturated heterocycles. The second-order valence-electron chi connectivity index (χ2n) is 8.13. The molecule has 0 saturated carbocycles. The molecule has 1 aromatic carbocycles. The summed E-state index contributed by atoms with van der Waals surface area (Å²) < 4.78 is 0. The molecule has 0 atom stereocenters. The fourth-order valence-electron chi connectivity index (χ4n) is 2.14. The van der Waals surface area contributed by atoms with Crippen LogP contribution in [0.15, 0.2) is 49.2 Å². The lowest BCUT2D eigenvalue weighted by Crippen LogP contribution is -2.24. The molecular formula is C21H28N4. The summed E-state index contributed by atoms with van der Waals surface area (Å²) in [5, 5.41) is 3.22. The lowest BCUT2D eigenvalue weighted by molar-refractivity contribution is 0.497. The number of aromatic nitrogens is 3. The van der Waals surface area contributed by atoms with Gasteiger partial charge in [-0.1, -0.05) is 66.3 Å². The first-order chi connectivity index (χ1) is 11.6. The molecule has 2 aromatic rings. The molecule has 1 heterocycles. The Kier molecular flexibility index (Phi) is 5.41. The van der Waals surface area contributed by atoms with Crippen LogP contribution in [0.5, 0.6) is 0 Å². The highest BCUT2D eigenvalue weighted by atomic mass is 15.1. The highest BCUT2D eigenvalue weighted by Crippen LogP contribution is 2.27. The average Bonchev–Trinajstić information content (AvgIpc) is 2.53. The lowest BCUT2D eigenvalue weighted by atomic mass is 9.93. The van der Waals surface area contributed by atoms with Crippen molar-refractivity contribution in [3.8, 4) is 11.4 Å². The van der Waals surface area contributed by atoms with Crippen LogP contribution in [0.25, 0.3) is 11.4 Å². The minimum absolute atomic E-state index is 0.139. The Morgan fingerprint density at radius 3 is 2.04 bits per heavy atom. The molecular weight excluding hydrogens is 308 g/mol. The minimum atomic E-state index is -0.139. The van der Waals surface area contributed by atoms with Crippen molar-refractivity contribution in [3.63, 3.8) is 0 Å². The maximum atomic E-state index is 4.74. The first kappa shape index (κ1) is 18.8. The number of allylic oxidation sites excluding steroid dienone is 2. The average molecular weight is 336 g/mol. The van der Waals surface area contributed by atoms with Gasteiger partial charge >= 0.3 is 0 Å². The van der Waals surface area contributed by atoms with Gasteiger partial charge in [0, 0.05) is 28.3 Å². The molecule has 0 fully saturated rings.